The van der Waals surface area contributed by atoms with E-state index >= 15 is 0 Å². The number of benzene rings is 1. The molecule has 0 aliphatic carbocycles. The Morgan fingerprint density at radius 3 is 3.06 bits per heavy atom. The molecule has 0 unspecified atom stereocenters. The van der Waals surface area contributed by atoms with Gasteiger partial charge in [-0.3, -0.25) is 4.79 Å². The molecule has 0 radical (unpaired) electrons. The van der Waals surface area contributed by atoms with Crippen LogP contribution in [0.2, 0.25) is 0 Å². The van der Waals surface area contributed by atoms with E-state index in [1.54, 1.807) is 6.07 Å². The molecule has 1 aromatic rings. The number of amides is 3. The Kier molecular flexibility index (Phi) is 3.27. The molecule has 1 aliphatic rings. The number of urea groups is 1. The first-order chi connectivity index (χ1) is 8.20. The van der Waals surface area contributed by atoms with Crippen molar-refractivity contribution in [2.45, 2.75) is 13.3 Å². The Morgan fingerprint density at radius 1 is 1.47 bits per heavy atom. The van der Waals surface area contributed by atoms with Crippen LogP contribution in [0.1, 0.15) is 22.8 Å². The fourth-order valence-electron chi connectivity index (χ4n) is 1.83. The highest BCUT2D eigenvalue weighted by Crippen LogP contribution is 2.18. The average molecular weight is 233 g/mol. The second-order valence-corrected chi connectivity index (χ2v) is 3.86. The Hall–Kier alpha value is -2.04. The zero-order chi connectivity index (χ0) is 12.3. The van der Waals surface area contributed by atoms with Crippen LogP contribution in [0.5, 0.6) is 0 Å². The predicted molar refractivity (Wildman–Crippen MR) is 65.2 cm³/mol. The van der Waals surface area contributed by atoms with E-state index in [1.165, 1.54) is 0 Å². The van der Waals surface area contributed by atoms with Gasteiger partial charge in [-0.25, -0.2) is 4.79 Å². The first kappa shape index (κ1) is 11.4. The van der Waals surface area contributed by atoms with Crippen molar-refractivity contribution >= 4 is 17.6 Å². The summed E-state index contributed by atoms with van der Waals surface area (Å²) in [6.45, 7) is 3.09. The molecular formula is C12H15N3O2. The third-order valence-corrected chi connectivity index (χ3v) is 2.63. The number of hydrogen-bond acceptors (Lipinski definition) is 2. The maximum absolute atomic E-state index is 11.6. The fraction of sp³-hybridized carbons (Fsp3) is 0.333. The number of rotatable bonds is 2. The van der Waals surface area contributed by atoms with Crippen LogP contribution in [0.25, 0.3) is 0 Å². The lowest BCUT2D eigenvalue weighted by atomic mass is 10.00. The number of carbonyl (C=O) groups excluding carboxylic acids is 2. The standard InChI is InChI=1S/C12H15N3O2/c1-2-13-12(17)15-9-4-3-8-5-6-14-11(16)10(8)7-9/h3-4,7H,2,5-6H2,1H3,(H,14,16)(H2,13,15,17). The van der Waals surface area contributed by atoms with Gasteiger partial charge in [-0.15, -0.1) is 0 Å². The molecule has 2 rings (SSSR count). The molecular weight excluding hydrogens is 218 g/mol. The predicted octanol–water partition coefficient (Wildman–Crippen LogP) is 1.11. The van der Waals surface area contributed by atoms with Crippen molar-refractivity contribution in [3.63, 3.8) is 0 Å². The third-order valence-electron chi connectivity index (χ3n) is 2.63. The lowest BCUT2D eigenvalue weighted by molar-refractivity contribution is 0.0946. The van der Waals surface area contributed by atoms with Gasteiger partial charge < -0.3 is 16.0 Å². The molecule has 5 nitrogen and oxygen atoms in total. The Labute approximate surface area is 99.6 Å². The second-order valence-electron chi connectivity index (χ2n) is 3.86. The van der Waals surface area contributed by atoms with E-state index in [-0.39, 0.29) is 11.9 Å². The number of carbonyl (C=O) groups is 2. The van der Waals surface area contributed by atoms with Crippen LogP contribution in [0, 0.1) is 0 Å². The summed E-state index contributed by atoms with van der Waals surface area (Å²) in [5.74, 6) is -0.0780. The lowest BCUT2D eigenvalue weighted by Crippen LogP contribution is -2.32. The van der Waals surface area contributed by atoms with Gasteiger partial charge in [0.25, 0.3) is 5.91 Å². The number of fused-ring (bicyclic) bond motifs is 1. The molecule has 1 aliphatic heterocycles. The van der Waals surface area contributed by atoms with Crippen LogP contribution in [0.15, 0.2) is 18.2 Å². The highest BCUT2D eigenvalue weighted by Gasteiger charge is 2.16. The van der Waals surface area contributed by atoms with Crippen molar-refractivity contribution in [2.24, 2.45) is 0 Å². The summed E-state index contributed by atoms with van der Waals surface area (Å²) >= 11 is 0. The van der Waals surface area contributed by atoms with Gasteiger partial charge in [0.15, 0.2) is 0 Å². The molecule has 3 amide bonds. The third kappa shape index (κ3) is 2.55. The van der Waals surface area contributed by atoms with E-state index in [2.05, 4.69) is 16.0 Å². The highest BCUT2D eigenvalue weighted by molar-refractivity contribution is 5.99. The smallest absolute Gasteiger partial charge is 0.319 e. The highest BCUT2D eigenvalue weighted by atomic mass is 16.2. The van der Waals surface area contributed by atoms with Gasteiger partial charge in [-0.2, -0.15) is 0 Å². The molecule has 0 fully saturated rings. The largest absolute Gasteiger partial charge is 0.352 e. The van der Waals surface area contributed by atoms with Gasteiger partial charge in [0.1, 0.15) is 0 Å². The van der Waals surface area contributed by atoms with Crippen molar-refractivity contribution in [1.82, 2.24) is 10.6 Å². The quantitative estimate of drug-likeness (QED) is 0.716. The molecule has 0 saturated heterocycles. The van der Waals surface area contributed by atoms with Crippen LogP contribution in [-0.2, 0) is 6.42 Å². The molecule has 5 heteroatoms. The summed E-state index contributed by atoms with van der Waals surface area (Å²) < 4.78 is 0. The van der Waals surface area contributed by atoms with E-state index in [0.29, 0.717) is 24.3 Å². The number of anilines is 1. The van der Waals surface area contributed by atoms with Crippen molar-refractivity contribution in [2.75, 3.05) is 18.4 Å². The van der Waals surface area contributed by atoms with E-state index in [9.17, 15) is 9.59 Å². The number of nitrogens with one attached hydrogen (secondary N) is 3. The van der Waals surface area contributed by atoms with Crippen molar-refractivity contribution in [3.05, 3.63) is 29.3 Å². The Balaban J connectivity index is 2.18. The lowest BCUT2D eigenvalue weighted by Gasteiger charge is -2.17. The van der Waals surface area contributed by atoms with Gasteiger partial charge in [0.2, 0.25) is 0 Å². The van der Waals surface area contributed by atoms with Crippen LogP contribution in [-0.4, -0.2) is 25.0 Å². The van der Waals surface area contributed by atoms with Crippen LogP contribution in [0.4, 0.5) is 10.5 Å². The van der Waals surface area contributed by atoms with Crippen molar-refractivity contribution < 1.29 is 9.59 Å². The monoisotopic (exact) mass is 233 g/mol. The van der Waals surface area contributed by atoms with E-state index in [1.807, 2.05) is 19.1 Å². The van der Waals surface area contributed by atoms with Crippen LogP contribution in [0.3, 0.4) is 0 Å². The summed E-state index contributed by atoms with van der Waals surface area (Å²) in [6, 6.07) is 5.14. The van der Waals surface area contributed by atoms with E-state index < -0.39 is 0 Å². The van der Waals surface area contributed by atoms with E-state index in [0.717, 1.165) is 12.0 Å². The van der Waals surface area contributed by atoms with Crippen molar-refractivity contribution in [1.29, 1.82) is 0 Å². The molecule has 3 N–H and O–H groups in total. The minimum absolute atomic E-state index is 0.0780. The first-order valence-corrected chi connectivity index (χ1v) is 5.66. The summed E-state index contributed by atoms with van der Waals surface area (Å²) in [5, 5.41) is 8.09. The minimum Gasteiger partial charge on any atom is -0.352 e. The molecule has 1 heterocycles. The Morgan fingerprint density at radius 2 is 2.29 bits per heavy atom. The van der Waals surface area contributed by atoms with E-state index in [4.69, 9.17) is 0 Å². The van der Waals surface area contributed by atoms with Crippen LogP contribution >= 0.6 is 0 Å². The summed E-state index contributed by atoms with van der Waals surface area (Å²) in [5.41, 5.74) is 2.30. The molecule has 0 atom stereocenters. The zero-order valence-corrected chi connectivity index (χ0v) is 9.67. The SMILES string of the molecule is CCNC(=O)Nc1ccc2c(c1)C(=O)NCC2. The fourth-order valence-corrected chi connectivity index (χ4v) is 1.83. The maximum atomic E-state index is 11.6. The van der Waals surface area contributed by atoms with Crippen molar-refractivity contribution in [3.8, 4) is 0 Å². The van der Waals surface area contributed by atoms with Gasteiger partial charge in [0, 0.05) is 24.3 Å². The van der Waals surface area contributed by atoms with Gasteiger partial charge in [-0.1, -0.05) is 6.07 Å². The molecule has 0 aromatic heterocycles. The number of hydrogen-bond donors (Lipinski definition) is 3. The molecule has 90 valence electrons. The normalized spacial score (nSPS) is 13.6. The second kappa shape index (κ2) is 4.86. The molecule has 0 saturated carbocycles. The Bertz CT molecular complexity index is 457. The summed E-state index contributed by atoms with van der Waals surface area (Å²) in [4.78, 5) is 22.9. The van der Waals surface area contributed by atoms with Crippen LogP contribution < -0.4 is 16.0 Å². The maximum Gasteiger partial charge on any atom is 0.319 e. The summed E-state index contributed by atoms with van der Waals surface area (Å²) in [7, 11) is 0. The molecule has 0 spiro atoms. The molecule has 0 bridgehead atoms. The topological polar surface area (TPSA) is 70.2 Å². The first-order valence-electron chi connectivity index (χ1n) is 5.66. The minimum atomic E-state index is -0.260. The van der Waals surface area contributed by atoms with Gasteiger partial charge in [-0.05, 0) is 31.0 Å². The molecule has 17 heavy (non-hydrogen) atoms. The van der Waals surface area contributed by atoms with Gasteiger partial charge in [0.05, 0.1) is 0 Å². The molecule has 1 aromatic carbocycles. The summed E-state index contributed by atoms with van der Waals surface area (Å²) in [6.07, 6.45) is 0.836. The zero-order valence-electron chi connectivity index (χ0n) is 9.67. The average Bonchev–Trinajstić information content (AvgIpc) is 2.30. The van der Waals surface area contributed by atoms with Gasteiger partial charge >= 0.3 is 6.03 Å².